The van der Waals surface area contributed by atoms with E-state index < -0.39 is 52.1 Å². The molecule has 0 atom stereocenters. The van der Waals surface area contributed by atoms with Gasteiger partial charge in [-0.15, -0.1) is 0 Å². The lowest BCUT2D eigenvalue weighted by Crippen LogP contribution is -2.04. The lowest BCUT2D eigenvalue weighted by molar-refractivity contribution is 0.381. The van der Waals surface area contributed by atoms with E-state index in [9.17, 15) is 41.3 Å². The molecule has 52 heavy (non-hydrogen) atoms. The Bertz CT molecular complexity index is 2390. The van der Waals surface area contributed by atoms with Gasteiger partial charge in [-0.3, -0.25) is 0 Å². The quantitative estimate of drug-likeness (QED) is 0.0580. The Kier molecular flexibility index (Phi) is 9.06. The van der Waals surface area contributed by atoms with E-state index in [2.05, 4.69) is 12.1 Å². The predicted octanol–water partition coefficient (Wildman–Crippen LogP) is 12.8. The van der Waals surface area contributed by atoms with Crippen LogP contribution in [0.1, 0.15) is 48.9 Å². The molecule has 2 aliphatic rings. The molecule has 0 radical (unpaired) electrons. The van der Waals surface area contributed by atoms with Gasteiger partial charge >= 0.3 is 0 Å². The summed E-state index contributed by atoms with van der Waals surface area (Å²) in [5.41, 5.74) is 4.79. The highest BCUT2D eigenvalue weighted by Crippen LogP contribution is 2.55. The molecule has 0 amide bonds. The molecule has 0 heterocycles. The summed E-state index contributed by atoms with van der Waals surface area (Å²) in [5, 5.41) is 20.4. The summed E-state index contributed by atoms with van der Waals surface area (Å²) >= 11 is 3.38. The van der Waals surface area contributed by atoms with Crippen LogP contribution < -0.4 is 0 Å². The standard InChI is InChI=1S/C40H18F8I2N2/c1-3-15(13-51)27-23-9-17(29-31(41)34(44)37(47)35(45)32(29)42)5-7-19(23)21-11-26-22(12-25(21)27)20-8-6-18(10-24(20)28(26)16(4-2)14-52)30-33(43)36(46)38(48)40(50)39(30)49/h5-12H,3-4H2,1-2H3/b27-15+,28-16-. The Morgan fingerprint density at radius 2 is 0.827 bits per heavy atom. The molecule has 0 spiro atoms. The van der Waals surface area contributed by atoms with Crippen molar-refractivity contribution in [2.24, 2.45) is 0 Å². The molecular formula is C40H18F8I2N2. The molecule has 0 aliphatic heterocycles. The van der Waals surface area contributed by atoms with Crippen molar-refractivity contribution in [1.82, 2.24) is 0 Å². The summed E-state index contributed by atoms with van der Waals surface area (Å²) in [6, 6.07) is 16.9. The van der Waals surface area contributed by atoms with Crippen LogP contribution in [-0.2, 0) is 0 Å². The van der Waals surface area contributed by atoms with Crippen LogP contribution in [-0.4, -0.2) is 0 Å². The second kappa shape index (κ2) is 13.1. The molecule has 258 valence electrons. The average molecular weight is 932 g/mol. The van der Waals surface area contributed by atoms with Gasteiger partial charge in [0.2, 0.25) is 5.82 Å². The molecule has 2 aliphatic carbocycles. The number of fused-ring (bicyclic) bond motifs is 6. The number of nitriles is 2. The third kappa shape index (κ3) is 5.05. The van der Waals surface area contributed by atoms with E-state index in [0.717, 1.165) is 0 Å². The fourth-order valence-electron chi connectivity index (χ4n) is 7.02. The fourth-order valence-corrected chi connectivity index (χ4v) is 8.31. The third-order valence-electron chi connectivity index (χ3n) is 9.43. The Hall–Kier alpha value is -4.54. The topological polar surface area (TPSA) is 47.6 Å². The van der Waals surface area contributed by atoms with Gasteiger partial charge in [-0.25, -0.2) is 35.1 Å². The number of hydrogen-bond donors (Lipinski definition) is 0. The van der Waals surface area contributed by atoms with Crippen LogP contribution >= 0.6 is 45.2 Å². The Morgan fingerprint density at radius 3 is 1.25 bits per heavy atom. The number of hydrogen-bond acceptors (Lipinski definition) is 2. The predicted molar refractivity (Wildman–Crippen MR) is 197 cm³/mol. The minimum Gasteiger partial charge on any atom is -0.203 e. The molecule has 0 N–H and O–H groups in total. The lowest BCUT2D eigenvalue weighted by atomic mass is 9.92. The van der Waals surface area contributed by atoms with Crippen molar-refractivity contribution in [2.45, 2.75) is 26.7 Å². The first kappa shape index (κ1) is 35.8. The van der Waals surface area contributed by atoms with E-state index in [1.54, 1.807) is 77.2 Å². The van der Waals surface area contributed by atoms with Crippen molar-refractivity contribution < 1.29 is 35.1 Å². The molecule has 7 rings (SSSR count). The van der Waals surface area contributed by atoms with E-state index in [1.807, 2.05) is 12.1 Å². The van der Waals surface area contributed by atoms with Gasteiger partial charge in [-0.05, 0) is 138 Å². The number of rotatable bonds is 4. The monoisotopic (exact) mass is 932 g/mol. The van der Waals surface area contributed by atoms with E-state index in [4.69, 9.17) is 0 Å². The first-order chi connectivity index (χ1) is 24.8. The maximum atomic E-state index is 15.3. The normalized spacial score (nSPS) is 14.3. The van der Waals surface area contributed by atoms with Crippen molar-refractivity contribution in [3.8, 4) is 56.6 Å². The van der Waals surface area contributed by atoms with Crippen LogP contribution in [0.2, 0.25) is 0 Å². The Morgan fingerprint density at radius 1 is 0.462 bits per heavy atom. The summed E-state index contributed by atoms with van der Waals surface area (Å²) in [5.74, 6) is -14.7. The van der Waals surface area contributed by atoms with Crippen molar-refractivity contribution in [1.29, 1.82) is 10.5 Å². The zero-order chi connectivity index (χ0) is 37.5. The van der Waals surface area contributed by atoms with Crippen molar-refractivity contribution in [2.75, 3.05) is 0 Å². The smallest absolute Gasteiger partial charge is 0.200 e. The van der Waals surface area contributed by atoms with Crippen molar-refractivity contribution in [3.05, 3.63) is 136 Å². The maximum absolute atomic E-state index is 15.3. The van der Waals surface area contributed by atoms with Gasteiger partial charge in [0.1, 0.15) is 0 Å². The summed E-state index contributed by atoms with van der Waals surface area (Å²) in [6.45, 7) is 3.53. The van der Waals surface area contributed by atoms with Crippen molar-refractivity contribution in [3.63, 3.8) is 0 Å². The summed E-state index contributed by atoms with van der Waals surface area (Å²) in [4.78, 5) is 0. The molecule has 12 heteroatoms. The first-order valence-corrected chi connectivity index (χ1v) is 17.7. The maximum Gasteiger partial charge on any atom is 0.200 e. The van der Waals surface area contributed by atoms with E-state index in [0.29, 0.717) is 73.2 Å². The highest BCUT2D eigenvalue weighted by Gasteiger charge is 2.35. The van der Waals surface area contributed by atoms with Crippen LogP contribution in [0.5, 0.6) is 0 Å². The molecule has 2 nitrogen and oxygen atoms in total. The molecule has 0 aromatic heterocycles. The molecule has 0 fully saturated rings. The minimum atomic E-state index is -2.28. The molecular weight excluding hydrogens is 914 g/mol. The fraction of sp³-hybridized carbons (Fsp3) is 0.100. The highest BCUT2D eigenvalue weighted by molar-refractivity contribution is 14.1. The van der Waals surface area contributed by atoms with Gasteiger partial charge in [-0.2, -0.15) is 10.5 Å². The molecule has 0 bridgehead atoms. The van der Waals surface area contributed by atoms with Gasteiger partial charge < -0.3 is 0 Å². The summed E-state index contributed by atoms with van der Waals surface area (Å²) in [7, 11) is 0. The van der Waals surface area contributed by atoms with Crippen molar-refractivity contribution >= 4 is 56.3 Å². The second-order valence-corrected chi connectivity index (χ2v) is 14.1. The minimum absolute atomic E-state index is 0.0834. The number of allylic oxidation sites excluding steroid dienone is 2. The molecule has 0 unspecified atom stereocenters. The summed E-state index contributed by atoms with van der Waals surface area (Å²) in [6.07, 6.45) is 0.549. The van der Waals surface area contributed by atoms with Crippen LogP contribution in [0, 0.1) is 76.3 Å². The molecule has 5 aromatic carbocycles. The van der Waals surface area contributed by atoms with E-state index in [-0.39, 0.29) is 30.3 Å². The second-order valence-electron chi connectivity index (χ2n) is 12.0. The molecule has 0 saturated carbocycles. The van der Waals surface area contributed by atoms with Crippen LogP contribution in [0.3, 0.4) is 0 Å². The van der Waals surface area contributed by atoms with E-state index in [1.165, 1.54) is 18.2 Å². The van der Waals surface area contributed by atoms with Gasteiger partial charge in [0, 0.05) is 31.4 Å². The van der Waals surface area contributed by atoms with E-state index >= 15 is 4.39 Å². The van der Waals surface area contributed by atoms with Gasteiger partial charge in [-0.1, -0.05) is 38.1 Å². The Labute approximate surface area is 319 Å². The zero-order valence-electron chi connectivity index (χ0n) is 26.7. The van der Waals surface area contributed by atoms with Crippen LogP contribution in [0.15, 0.2) is 59.7 Å². The summed E-state index contributed by atoms with van der Waals surface area (Å²) < 4.78 is 117. The average Bonchev–Trinajstić information content (AvgIpc) is 3.63. The first-order valence-electron chi connectivity index (χ1n) is 15.6. The number of nitrogens with zero attached hydrogens (tertiary/aromatic N) is 2. The van der Waals surface area contributed by atoms with Crippen LogP contribution in [0.25, 0.3) is 55.7 Å². The molecule has 5 aromatic rings. The Balaban J connectivity index is 1.49. The van der Waals surface area contributed by atoms with Crippen LogP contribution in [0.4, 0.5) is 35.1 Å². The SMILES string of the molecule is CC/C(C#N)=C1\c2cc(-c3c(F)c(F)c(F)c(I)c3I)ccc2-c2cc3c(cc21)-c1ccc(-c2c(F)c(F)c(F)c(F)c2F)cc1/C3=C(\C#N)CC. The molecule has 0 saturated heterocycles. The largest absolute Gasteiger partial charge is 0.203 e. The van der Waals surface area contributed by atoms with Gasteiger partial charge in [0.05, 0.1) is 21.3 Å². The van der Waals surface area contributed by atoms with Gasteiger partial charge in [0.25, 0.3) is 0 Å². The lowest BCUT2D eigenvalue weighted by Gasteiger charge is -2.13. The third-order valence-corrected chi connectivity index (χ3v) is 12.6. The highest BCUT2D eigenvalue weighted by atomic mass is 127. The van der Waals surface area contributed by atoms with Gasteiger partial charge in [0.15, 0.2) is 40.7 Å². The number of halogens is 10. The number of benzene rings is 5. The zero-order valence-corrected chi connectivity index (χ0v) is 31.0.